The number of halogens is 5. The number of fused-ring (bicyclic) bond motifs is 1. The molecule has 3 heterocycles. The fourth-order valence-electron chi connectivity index (χ4n) is 2.33. The summed E-state index contributed by atoms with van der Waals surface area (Å²) in [6.07, 6.45) is -2.29. The lowest BCUT2D eigenvalue weighted by Crippen LogP contribution is -2.34. The Balaban J connectivity index is 1.98. The summed E-state index contributed by atoms with van der Waals surface area (Å²) in [5.74, 6) is -4.84. The quantitative estimate of drug-likeness (QED) is 0.491. The molecule has 0 spiro atoms. The van der Waals surface area contributed by atoms with Gasteiger partial charge in [0.05, 0.1) is 6.20 Å². The molecule has 3 aromatic heterocycles. The van der Waals surface area contributed by atoms with E-state index in [0.717, 1.165) is 6.33 Å². The Morgan fingerprint density at radius 1 is 1.14 bits per heavy atom. The third kappa shape index (κ3) is 3.95. The molecule has 29 heavy (non-hydrogen) atoms. The average Bonchev–Trinajstić information content (AvgIpc) is 3.03. The van der Waals surface area contributed by atoms with Gasteiger partial charge in [0, 0.05) is 17.2 Å². The third-order valence-electron chi connectivity index (χ3n) is 3.75. The number of alkyl halides is 5. The van der Waals surface area contributed by atoms with Gasteiger partial charge in [-0.05, 0) is 19.9 Å². The second-order valence-electron chi connectivity index (χ2n) is 6.50. The van der Waals surface area contributed by atoms with Crippen molar-refractivity contribution in [2.24, 2.45) is 0 Å². The zero-order valence-corrected chi connectivity index (χ0v) is 15.8. The van der Waals surface area contributed by atoms with Crippen LogP contribution in [0.25, 0.3) is 17.0 Å². The number of pyridine rings is 1. The highest BCUT2D eigenvalue weighted by Crippen LogP contribution is 2.43. The van der Waals surface area contributed by atoms with E-state index in [-0.39, 0.29) is 22.8 Å². The Hall–Kier alpha value is -2.94. The van der Waals surface area contributed by atoms with Crippen molar-refractivity contribution in [2.75, 3.05) is 0 Å². The summed E-state index contributed by atoms with van der Waals surface area (Å²) in [4.78, 5) is 11.7. The molecule has 0 saturated heterocycles. The van der Waals surface area contributed by atoms with Gasteiger partial charge in [-0.25, -0.2) is 15.0 Å². The van der Waals surface area contributed by atoms with Gasteiger partial charge < -0.3 is 4.74 Å². The molecule has 0 radical (unpaired) electrons. The number of thiol groups is 1. The Bertz CT molecular complexity index is 1120. The largest absolute Gasteiger partial charge is 0.471 e. The van der Waals surface area contributed by atoms with Crippen molar-refractivity contribution in [3.05, 3.63) is 36.5 Å². The van der Waals surface area contributed by atoms with Crippen LogP contribution in [0.4, 0.5) is 22.0 Å². The number of nitriles is 1. The second kappa shape index (κ2) is 6.84. The molecular weight excluding hydrogens is 417 g/mol. The van der Waals surface area contributed by atoms with Gasteiger partial charge in [-0.1, -0.05) is 0 Å². The van der Waals surface area contributed by atoms with Gasteiger partial charge in [0.2, 0.25) is 0 Å². The van der Waals surface area contributed by atoms with Crippen LogP contribution in [0.2, 0.25) is 0 Å². The molecule has 0 aliphatic carbocycles. The Labute approximate surface area is 166 Å². The molecule has 0 aliphatic rings. The summed E-state index contributed by atoms with van der Waals surface area (Å²) in [5, 5.41) is 9.01. The maximum Gasteiger partial charge on any atom is 0.459 e. The maximum atomic E-state index is 13.5. The van der Waals surface area contributed by atoms with Crippen LogP contribution < -0.4 is 4.74 Å². The van der Waals surface area contributed by atoms with E-state index in [1.165, 1.54) is 22.9 Å². The molecule has 0 fully saturated rings. The Kier molecular flexibility index (Phi) is 4.90. The number of imidazole rings is 1. The normalized spacial score (nSPS) is 12.8. The third-order valence-corrected chi connectivity index (χ3v) is 4.09. The molecule has 0 bridgehead atoms. The number of hydrogen-bond donors (Lipinski definition) is 1. The van der Waals surface area contributed by atoms with Crippen molar-refractivity contribution in [3.63, 3.8) is 0 Å². The van der Waals surface area contributed by atoms with Crippen molar-refractivity contribution >= 4 is 18.3 Å². The van der Waals surface area contributed by atoms with E-state index >= 15 is 0 Å². The van der Waals surface area contributed by atoms with Gasteiger partial charge in [0.25, 0.3) is 0 Å². The highest BCUT2D eigenvalue weighted by atomic mass is 32.1. The predicted molar refractivity (Wildman–Crippen MR) is 93.7 cm³/mol. The molecule has 0 atom stereocenters. The minimum atomic E-state index is -5.78. The SMILES string of the molecule is CC(C)(C#N)Oc1cnc(-c2cn3cnc(C(F)(F)C(F)(F)F)cc3n2)c(S)c1. The first-order valence-electron chi connectivity index (χ1n) is 7.93. The lowest BCUT2D eigenvalue weighted by Gasteiger charge is -2.18. The number of rotatable bonds is 4. The number of hydrogen-bond acceptors (Lipinski definition) is 6. The zero-order chi connectivity index (χ0) is 21.6. The van der Waals surface area contributed by atoms with Crippen LogP contribution >= 0.6 is 12.6 Å². The summed E-state index contributed by atoms with van der Waals surface area (Å²) < 4.78 is 71.3. The van der Waals surface area contributed by atoms with Gasteiger partial charge in [-0.3, -0.25) is 4.40 Å². The van der Waals surface area contributed by atoms with Crippen molar-refractivity contribution in [2.45, 2.75) is 36.4 Å². The lowest BCUT2D eigenvalue weighted by atomic mass is 10.2. The van der Waals surface area contributed by atoms with Crippen molar-refractivity contribution in [1.82, 2.24) is 19.4 Å². The molecule has 0 N–H and O–H groups in total. The van der Waals surface area contributed by atoms with Crippen LogP contribution in [0.3, 0.4) is 0 Å². The van der Waals surface area contributed by atoms with Crippen LogP contribution in [0.1, 0.15) is 19.5 Å². The molecule has 0 aromatic carbocycles. The van der Waals surface area contributed by atoms with E-state index in [9.17, 15) is 22.0 Å². The van der Waals surface area contributed by atoms with Crippen LogP contribution in [-0.4, -0.2) is 31.1 Å². The molecule has 12 heteroatoms. The van der Waals surface area contributed by atoms with Gasteiger partial charge in [-0.15, -0.1) is 12.6 Å². The summed E-state index contributed by atoms with van der Waals surface area (Å²) in [5.41, 5.74) is -2.32. The van der Waals surface area contributed by atoms with Crippen LogP contribution in [0, 0.1) is 11.3 Å². The van der Waals surface area contributed by atoms with Gasteiger partial charge in [0.1, 0.15) is 40.9 Å². The Morgan fingerprint density at radius 2 is 1.83 bits per heavy atom. The fraction of sp³-hybridized carbons (Fsp3) is 0.294. The molecule has 3 rings (SSSR count). The average molecular weight is 429 g/mol. The first-order chi connectivity index (χ1) is 13.3. The minimum Gasteiger partial charge on any atom is -0.471 e. The first-order valence-corrected chi connectivity index (χ1v) is 8.38. The molecule has 0 unspecified atom stereocenters. The van der Waals surface area contributed by atoms with E-state index in [2.05, 4.69) is 27.6 Å². The number of aromatic nitrogens is 4. The van der Waals surface area contributed by atoms with Gasteiger partial charge >= 0.3 is 12.1 Å². The summed E-state index contributed by atoms with van der Waals surface area (Å²) in [6.45, 7) is 3.12. The van der Waals surface area contributed by atoms with Crippen LogP contribution in [0.5, 0.6) is 5.75 Å². The monoisotopic (exact) mass is 429 g/mol. The minimum absolute atomic E-state index is 0.172. The van der Waals surface area contributed by atoms with E-state index < -0.39 is 23.4 Å². The number of nitrogens with zero attached hydrogens (tertiary/aromatic N) is 5. The summed E-state index contributed by atoms with van der Waals surface area (Å²) in [6, 6.07) is 4.00. The highest BCUT2D eigenvalue weighted by Gasteiger charge is 2.60. The number of ether oxygens (including phenoxy) is 1. The fourth-order valence-corrected chi connectivity index (χ4v) is 2.63. The molecule has 0 saturated carbocycles. The van der Waals surface area contributed by atoms with Crippen LogP contribution in [-0.2, 0) is 5.92 Å². The van der Waals surface area contributed by atoms with E-state index in [1.54, 1.807) is 13.8 Å². The van der Waals surface area contributed by atoms with E-state index in [1.807, 2.05) is 6.07 Å². The van der Waals surface area contributed by atoms with Gasteiger partial charge in [-0.2, -0.15) is 27.2 Å². The van der Waals surface area contributed by atoms with Crippen molar-refractivity contribution < 1.29 is 26.7 Å². The molecule has 3 aromatic rings. The van der Waals surface area contributed by atoms with E-state index in [4.69, 9.17) is 10.00 Å². The van der Waals surface area contributed by atoms with Crippen molar-refractivity contribution in [1.29, 1.82) is 5.26 Å². The van der Waals surface area contributed by atoms with Crippen molar-refractivity contribution in [3.8, 4) is 23.2 Å². The van der Waals surface area contributed by atoms with E-state index in [0.29, 0.717) is 11.0 Å². The molecule has 6 nitrogen and oxygen atoms in total. The predicted octanol–water partition coefficient (Wildman–Crippen LogP) is 4.42. The second-order valence-corrected chi connectivity index (χ2v) is 6.98. The molecule has 152 valence electrons. The standard InChI is InChI=1S/C17H12F5N5OS/c1-15(2,7-23)28-9-3-11(29)14(24-5-9)10-6-27-8-25-12(4-13(27)26-10)16(18,19)17(20,21)22/h3-6,8,29H,1-2H3. The highest BCUT2D eigenvalue weighted by molar-refractivity contribution is 7.80. The first kappa shape index (κ1) is 20.8. The zero-order valence-electron chi connectivity index (χ0n) is 14.9. The summed E-state index contributed by atoms with van der Waals surface area (Å²) >= 11 is 4.28. The summed E-state index contributed by atoms with van der Waals surface area (Å²) in [7, 11) is 0. The van der Waals surface area contributed by atoms with Gasteiger partial charge in [0.15, 0.2) is 5.60 Å². The van der Waals surface area contributed by atoms with Crippen LogP contribution in [0.15, 0.2) is 35.7 Å². The smallest absolute Gasteiger partial charge is 0.459 e. The Morgan fingerprint density at radius 3 is 2.41 bits per heavy atom. The maximum absolute atomic E-state index is 13.5. The topological polar surface area (TPSA) is 76.1 Å². The molecule has 0 aliphatic heterocycles. The lowest BCUT2D eigenvalue weighted by molar-refractivity contribution is -0.290. The molecule has 0 amide bonds. The molecular formula is C17H12F5N5OS.